The first kappa shape index (κ1) is 9.23. The smallest absolute Gasteiger partial charge is 0.315 e. The molecular formula is C6H15N3O. The van der Waals surface area contributed by atoms with E-state index in [1.54, 1.807) is 0 Å². The van der Waals surface area contributed by atoms with Crippen LogP contribution in [0.4, 0.5) is 4.79 Å². The van der Waals surface area contributed by atoms with Crippen LogP contribution in [0.2, 0.25) is 0 Å². The molecule has 2 amide bonds. The fraction of sp³-hybridized carbons (Fsp3) is 0.833. The predicted molar refractivity (Wildman–Crippen MR) is 40.7 cm³/mol. The Morgan fingerprint density at radius 3 is 2.70 bits per heavy atom. The van der Waals surface area contributed by atoms with Crippen molar-refractivity contribution in [2.45, 2.75) is 19.9 Å². The second-order valence-electron chi connectivity index (χ2n) is 2.14. The number of amides is 2. The van der Waals surface area contributed by atoms with Crippen LogP contribution < -0.4 is 16.4 Å². The lowest BCUT2D eigenvalue weighted by Crippen LogP contribution is -2.43. The number of hydrogen-bond acceptors (Lipinski definition) is 2. The molecule has 0 rings (SSSR count). The van der Waals surface area contributed by atoms with Crippen molar-refractivity contribution in [2.24, 2.45) is 5.73 Å². The second-order valence-corrected chi connectivity index (χ2v) is 2.14. The Hall–Kier alpha value is -0.770. The van der Waals surface area contributed by atoms with Gasteiger partial charge >= 0.3 is 6.03 Å². The van der Waals surface area contributed by atoms with E-state index in [0.29, 0.717) is 13.1 Å². The average Bonchev–Trinajstić information content (AvgIpc) is 1.88. The molecule has 0 saturated heterocycles. The van der Waals surface area contributed by atoms with Gasteiger partial charge in [0.25, 0.3) is 0 Å². The number of urea groups is 1. The largest absolute Gasteiger partial charge is 0.338 e. The van der Waals surface area contributed by atoms with Crippen molar-refractivity contribution in [2.75, 3.05) is 13.1 Å². The molecule has 0 aliphatic rings. The number of nitrogens with two attached hydrogens (primary N) is 1. The van der Waals surface area contributed by atoms with Crippen molar-refractivity contribution in [1.29, 1.82) is 0 Å². The first-order valence-corrected chi connectivity index (χ1v) is 3.45. The summed E-state index contributed by atoms with van der Waals surface area (Å²) < 4.78 is 0. The molecule has 0 aromatic carbocycles. The molecule has 4 nitrogen and oxygen atoms in total. The third-order valence-corrected chi connectivity index (χ3v) is 1.07. The minimum Gasteiger partial charge on any atom is -0.338 e. The van der Waals surface area contributed by atoms with Gasteiger partial charge in [0, 0.05) is 19.1 Å². The number of carbonyl (C=O) groups excluding carboxylic acids is 1. The molecule has 0 aliphatic heterocycles. The van der Waals surface area contributed by atoms with Gasteiger partial charge in [-0.1, -0.05) is 0 Å². The van der Waals surface area contributed by atoms with Crippen LogP contribution in [0, 0.1) is 0 Å². The van der Waals surface area contributed by atoms with E-state index in [2.05, 4.69) is 10.6 Å². The number of nitrogens with one attached hydrogen (secondary N) is 2. The van der Waals surface area contributed by atoms with E-state index in [1.807, 2.05) is 13.8 Å². The highest BCUT2D eigenvalue weighted by Gasteiger charge is 2.01. The summed E-state index contributed by atoms with van der Waals surface area (Å²) in [6.45, 7) is 4.84. The molecule has 0 saturated carbocycles. The summed E-state index contributed by atoms with van der Waals surface area (Å²) in [6.07, 6.45) is 0. The van der Waals surface area contributed by atoms with Gasteiger partial charge in [-0.2, -0.15) is 0 Å². The molecule has 10 heavy (non-hydrogen) atoms. The normalized spacial score (nSPS) is 12.3. The van der Waals surface area contributed by atoms with Crippen molar-refractivity contribution in [3.8, 4) is 0 Å². The molecule has 0 aliphatic carbocycles. The van der Waals surface area contributed by atoms with Gasteiger partial charge in [0.05, 0.1) is 0 Å². The molecule has 0 heterocycles. The van der Waals surface area contributed by atoms with Crippen LogP contribution in [0.25, 0.3) is 0 Å². The summed E-state index contributed by atoms with van der Waals surface area (Å²) in [5.74, 6) is 0. The van der Waals surface area contributed by atoms with Gasteiger partial charge in [-0.05, 0) is 13.8 Å². The van der Waals surface area contributed by atoms with Crippen molar-refractivity contribution in [3.63, 3.8) is 0 Å². The lowest BCUT2D eigenvalue weighted by molar-refractivity contribution is 0.238. The van der Waals surface area contributed by atoms with Gasteiger partial charge in [-0.25, -0.2) is 4.79 Å². The number of rotatable bonds is 3. The van der Waals surface area contributed by atoms with E-state index < -0.39 is 0 Å². The summed E-state index contributed by atoms with van der Waals surface area (Å²) in [6, 6.07) is -0.105. The molecule has 0 fully saturated rings. The van der Waals surface area contributed by atoms with E-state index in [1.165, 1.54) is 0 Å². The molecule has 0 aromatic heterocycles. The molecular weight excluding hydrogens is 130 g/mol. The Labute approximate surface area is 61.2 Å². The second kappa shape index (κ2) is 5.05. The molecule has 0 radical (unpaired) electrons. The maximum absolute atomic E-state index is 10.7. The molecule has 60 valence electrons. The van der Waals surface area contributed by atoms with Crippen molar-refractivity contribution < 1.29 is 4.79 Å². The predicted octanol–water partition coefficient (Wildman–Crippen LogP) is -0.347. The molecule has 0 aromatic rings. The fourth-order valence-corrected chi connectivity index (χ4v) is 0.494. The summed E-state index contributed by atoms with van der Waals surface area (Å²) in [4.78, 5) is 10.7. The summed E-state index contributed by atoms with van der Waals surface area (Å²) in [7, 11) is 0. The summed E-state index contributed by atoms with van der Waals surface area (Å²) in [5, 5.41) is 5.26. The fourth-order valence-electron chi connectivity index (χ4n) is 0.494. The molecule has 4 N–H and O–H groups in total. The van der Waals surface area contributed by atoms with Gasteiger partial charge in [0.15, 0.2) is 0 Å². The minimum absolute atomic E-state index is 0.0477. The summed E-state index contributed by atoms with van der Waals surface area (Å²) >= 11 is 0. The number of hydrogen-bond donors (Lipinski definition) is 3. The van der Waals surface area contributed by atoms with E-state index in [0.717, 1.165) is 0 Å². The maximum Gasteiger partial charge on any atom is 0.315 e. The number of carbonyl (C=O) groups is 1. The third kappa shape index (κ3) is 4.14. The van der Waals surface area contributed by atoms with E-state index in [4.69, 9.17) is 5.73 Å². The van der Waals surface area contributed by atoms with Crippen molar-refractivity contribution >= 4 is 6.03 Å². The Kier molecular flexibility index (Phi) is 4.66. The highest BCUT2D eigenvalue weighted by atomic mass is 16.2. The monoisotopic (exact) mass is 145 g/mol. The zero-order valence-corrected chi connectivity index (χ0v) is 6.48. The van der Waals surface area contributed by atoms with E-state index in [9.17, 15) is 4.79 Å². The average molecular weight is 145 g/mol. The van der Waals surface area contributed by atoms with Crippen LogP contribution >= 0.6 is 0 Å². The van der Waals surface area contributed by atoms with E-state index >= 15 is 0 Å². The van der Waals surface area contributed by atoms with Crippen molar-refractivity contribution in [1.82, 2.24) is 10.6 Å². The van der Waals surface area contributed by atoms with Crippen LogP contribution in [0.5, 0.6) is 0 Å². The molecule has 0 spiro atoms. The lowest BCUT2D eigenvalue weighted by atomic mass is 10.3. The Bertz CT molecular complexity index is 105. The molecule has 1 atom stereocenters. The zero-order valence-electron chi connectivity index (χ0n) is 6.48. The van der Waals surface area contributed by atoms with E-state index in [-0.39, 0.29) is 12.1 Å². The van der Waals surface area contributed by atoms with Crippen LogP contribution in [0.3, 0.4) is 0 Å². The Balaban J connectivity index is 3.37. The zero-order chi connectivity index (χ0) is 7.98. The maximum atomic E-state index is 10.7. The topological polar surface area (TPSA) is 67.2 Å². The Morgan fingerprint density at radius 1 is 1.70 bits per heavy atom. The molecule has 0 unspecified atom stereocenters. The van der Waals surface area contributed by atoms with Gasteiger partial charge in [0.1, 0.15) is 0 Å². The van der Waals surface area contributed by atoms with Gasteiger partial charge in [-0.15, -0.1) is 0 Å². The Morgan fingerprint density at radius 2 is 2.30 bits per heavy atom. The van der Waals surface area contributed by atoms with Crippen LogP contribution in [-0.2, 0) is 0 Å². The van der Waals surface area contributed by atoms with Gasteiger partial charge in [0.2, 0.25) is 0 Å². The van der Waals surface area contributed by atoms with Gasteiger partial charge < -0.3 is 16.4 Å². The molecule has 0 bridgehead atoms. The van der Waals surface area contributed by atoms with Crippen molar-refractivity contribution in [3.05, 3.63) is 0 Å². The standard InChI is InChI=1S/C6H15N3O/c1-3-8-6(10)9-5(2)4-7/h5H,3-4,7H2,1-2H3,(H2,8,9,10)/t5-/m1/s1. The quantitative estimate of drug-likeness (QED) is 0.508. The highest BCUT2D eigenvalue weighted by Crippen LogP contribution is 1.74. The SMILES string of the molecule is CCNC(=O)N[C@H](C)CN. The lowest BCUT2D eigenvalue weighted by Gasteiger charge is -2.10. The van der Waals surface area contributed by atoms with Gasteiger partial charge in [-0.3, -0.25) is 0 Å². The van der Waals surface area contributed by atoms with Crippen LogP contribution in [-0.4, -0.2) is 25.2 Å². The van der Waals surface area contributed by atoms with Crippen LogP contribution in [0.1, 0.15) is 13.8 Å². The first-order valence-electron chi connectivity index (χ1n) is 3.45. The third-order valence-electron chi connectivity index (χ3n) is 1.07. The first-order chi connectivity index (χ1) is 4.70. The minimum atomic E-state index is -0.152. The highest BCUT2D eigenvalue weighted by molar-refractivity contribution is 5.74. The van der Waals surface area contributed by atoms with Crippen LogP contribution in [0.15, 0.2) is 0 Å². The molecule has 4 heteroatoms. The summed E-state index contributed by atoms with van der Waals surface area (Å²) in [5.41, 5.74) is 5.27.